The molecule has 1 aromatic carbocycles. The molecule has 1 aliphatic heterocycles. The summed E-state index contributed by atoms with van der Waals surface area (Å²) >= 11 is 0. The highest BCUT2D eigenvalue weighted by Gasteiger charge is 2.45. The molecular weight excluding hydrogens is 374 g/mol. The molecule has 0 aromatic heterocycles. The van der Waals surface area contributed by atoms with Crippen molar-refractivity contribution in [1.29, 1.82) is 0 Å². The fraction of sp³-hybridized carbons (Fsp3) is 0.500. The molecule has 1 aliphatic rings. The molecule has 0 N–H and O–H groups in total. The van der Waals surface area contributed by atoms with E-state index in [9.17, 15) is 14.4 Å². The molecule has 1 atom stereocenters. The largest absolute Gasteiger partial charge is 0.459 e. The van der Waals surface area contributed by atoms with Crippen molar-refractivity contribution in [3.8, 4) is 0 Å². The van der Waals surface area contributed by atoms with Crippen molar-refractivity contribution in [2.45, 2.75) is 71.8 Å². The van der Waals surface area contributed by atoms with Crippen LogP contribution in [0.15, 0.2) is 42.1 Å². The fourth-order valence-corrected chi connectivity index (χ4v) is 2.64. The van der Waals surface area contributed by atoms with Gasteiger partial charge in [0.15, 0.2) is 0 Å². The predicted molar refractivity (Wildman–Crippen MR) is 107 cm³/mol. The van der Waals surface area contributed by atoms with E-state index < -0.39 is 35.3 Å². The van der Waals surface area contributed by atoms with E-state index >= 15 is 0 Å². The lowest BCUT2D eigenvalue weighted by Crippen LogP contribution is -2.55. The summed E-state index contributed by atoms with van der Waals surface area (Å²) in [5.41, 5.74) is -0.214. The number of ether oxygens (including phenoxy) is 3. The predicted octanol–water partition coefficient (Wildman–Crippen LogP) is 3.96. The summed E-state index contributed by atoms with van der Waals surface area (Å²) < 4.78 is 16.0. The van der Waals surface area contributed by atoms with Gasteiger partial charge in [0.1, 0.15) is 23.9 Å². The fourth-order valence-electron chi connectivity index (χ4n) is 2.64. The quantitative estimate of drug-likeness (QED) is 0.430. The van der Waals surface area contributed by atoms with Crippen LogP contribution in [-0.2, 0) is 30.4 Å². The Kier molecular flexibility index (Phi) is 6.72. The second kappa shape index (κ2) is 8.68. The van der Waals surface area contributed by atoms with Gasteiger partial charge in [-0.3, -0.25) is 4.90 Å². The van der Waals surface area contributed by atoms with Crippen molar-refractivity contribution < 1.29 is 28.6 Å². The molecule has 1 aromatic rings. The zero-order valence-corrected chi connectivity index (χ0v) is 17.9. The van der Waals surface area contributed by atoms with E-state index in [1.54, 1.807) is 41.5 Å². The van der Waals surface area contributed by atoms with Crippen LogP contribution in [0.3, 0.4) is 0 Å². The number of amides is 1. The number of nitrogens with zero attached hydrogens (tertiary/aromatic N) is 1. The van der Waals surface area contributed by atoms with Crippen LogP contribution in [0.25, 0.3) is 0 Å². The van der Waals surface area contributed by atoms with Gasteiger partial charge in [0.25, 0.3) is 0 Å². The Hall–Kier alpha value is -2.83. The maximum atomic E-state index is 12.6. The summed E-state index contributed by atoms with van der Waals surface area (Å²) in [6, 6.07) is 8.40. The SMILES string of the molecule is CC(C)(C)OC(=O)/C=C1\C[C@@H](C(=O)OCc2ccccc2)N1C(=O)OC(C)(C)C. The Balaban J connectivity index is 2.11. The van der Waals surface area contributed by atoms with E-state index in [4.69, 9.17) is 14.2 Å². The van der Waals surface area contributed by atoms with Crippen LogP contribution < -0.4 is 0 Å². The average Bonchev–Trinajstić information content (AvgIpc) is 2.53. The summed E-state index contributed by atoms with van der Waals surface area (Å²) in [4.78, 5) is 38.4. The molecule has 0 spiro atoms. The maximum absolute atomic E-state index is 12.6. The zero-order chi connectivity index (χ0) is 21.8. The molecule has 158 valence electrons. The van der Waals surface area contributed by atoms with Gasteiger partial charge in [-0.2, -0.15) is 0 Å². The molecule has 0 saturated carbocycles. The van der Waals surface area contributed by atoms with E-state index in [0.29, 0.717) is 5.70 Å². The van der Waals surface area contributed by atoms with Crippen LogP contribution in [0.2, 0.25) is 0 Å². The van der Waals surface area contributed by atoms with Gasteiger partial charge >= 0.3 is 18.0 Å². The van der Waals surface area contributed by atoms with E-state index in [-0.39, 0.29) is 13.0 Å². The zero-order valence-electron chi connectivity index (χ0n) is 17.9. The number of hydrogen-bond donors (Lipinski definition) is 0. The molecular formula is C22H29NO6. The smallest absolute Gasteiger partial charge is 0.415 e. The van der Waals surface area contributed by atoms with E-state index in [1.165, 1.54) is 6.08 Å². The lowest BCUT2D eigenvalue weighted by molar-refractivity contribution is -0.154. The molecule has 7 nitrogen and oxygen atoms in total. The summed E-state index contributed by atoms with van der Waals surface area (Å²) in [6.45, 7) is 10.5. The third-order valence-electron chi connectivity index (χ3n) is 3.80. The van der Waals surface area contributed by atoms with Crippen LogP contribution in [0.4, 0.5) is 4.79 Å². The minimum atomic E-state index is -0.845. The minimum Gasteiger partial charge on any atom is -0.459 e. The first-order valence-electron chi connectivity index (χ1n) is 9.52. The van der Waals surface area contributed by atoms with Gasteiger partial charge in [-0.1, -0.05) is 30.3 Å². The highest BCUT2D eigenvalue weighted by atomic mass is 16.6. The van der Waals surface area contributed by atoms with Crippen LogP contribution in [-0.4, -0.2) is 40.2 Å². The summed E-state index contributed by atoms with van der Waals surface area (Å²) in [7, 11) is 0. The molecule has 0 radical (unpaired) electrons. The van der Waals surface area contributed by atoms with Crippen molar-refractivity contribution in [1.82, 2.24) is 4.90 Å². The lowest BCUT2D eigenvalue weighted by atomic mass is 9.98. The van der Waals surface area contributed by atoms with Crippen LogP contribution >= 0.6 is 0 Å². The van der Waals surface area contributed by atoms with Gasteiger partial charge in [0.2, 0.25) is 0 Å². The Morgan fingerprint density at radius 1 is 1.00 bits per heavy atom. The highest BCUT2D eigenvalue weighted by Crippen LogP contribution is 2.33. The Labute approximate surface area is 171 Å². The molecule has 1 heterocycles. The summed E-state index contributed by atoms with van der Waals surface area (Å²) in [6.07, 6.45) is 0.697. The Morgan fingerprint density at radius 3 is 2.14 bits per heavy atom. The Bertz CT molecular complexity index is 786. The molecule has 1 amide bonds. The number of likely N-dealkylation sites (tertiary alicyclic amines) is 1. The summed E-state index contributed by atoms with van der Waals surface area (Å²) in [5.74, 6) is -1.14. The Morgan fingerprint density at radius 2 is 1.59 bits per heavy atom. The second-order valence-electron chi connectivity index (χ2n) is 8.83. The topological polar surface area (TPSA) is 82.1 Å². The number of benzene rings is 1. The summed E-state index contributed by atoms with van der Waals surface area (Å²) in [5, 5.41) is 0. The monoisotopic (exact) mass is 403 g/mol. The number of carbonyl (C=O) groups is 3. The third-order valence-corrected chi connectivity index (χ3v) is 3.80. The van der Waals surface area contributed by atoms with Gasteiger partial charge in [0.05, 0.1) is 0 Å². The van der Waals surface area contributed by atoms with Crippen LogP contribution in [0, 0.1) is 0 Å². The van der Waals surface area contributed by atoms with E-state index in [2.05, 4.69) is 0 Å². The van der Waals surface area contributed by atoms with E-state index in [1.807, 2.05) is 30.3 Å². The van der Waals surface area contributed by atoms with Gasteiger partial charge in [-0.15, -0.1) is 0 Å². The molecule has 1 fully saturated rings. The minimum absolute atomic E-state index is 0.101. The van der Waals surface area contributed by atoms with Gasteiger partial charge < -0.3 is 14.2 Å². The average molecular weight is 403 g/mol. The van der Waals surface area contributed by atoms with Gasteiger partial charge in [-0.05, 0) is 47.1 Å². The molecule has 7 heteroatoms. The number of carbonyl (C=O) groups excluding carboxylic acids is 3. The standard InChI is InChI=1S/C22H29NO6/c1-21(2,3)28-18(24)13-16-12-17(23(16)20(26)29-22(4,5)6)19(25)27-14-15-10-8-7-9-11-15/h7-11,13,17H,12,14H2,1-6H3/b16-13+/t17-/m0/s1. The first-order chi connectivity index (χ1) is 13.4. The normalized spacial score (nSPS) is 18.1. The molecule has 29 heavy (non-hydrogen) atoms. The first kappa shape index (κ1) is 22.5. The van der Waals surface area contributed by atoms with Gasteiger partial charge in [-0.25, -0.2) is 14.4 Å². The van der Waals surface area contributed by atoms with Crippen LogP contribution in [0.5, 0.6) is 0 Å². The van der Waals surface area contributed by atoms with Crippen molar-refractivity contribution in [3.05, 3.63) is 47.7 Å². The number of rotatable bonds is 4. The van der Waals surface area contributed by atoms with Crippen molar-refractivity contribution >= 4 is 18.0 Å². The lowest BCUT2D eigenvalue weighted by Gasteiger charge is -2.41. The van der Waals surface area contributed by atoms with Crippen molar-refractivity contribution in [3.63, 3.8) is 0 Å². The molecule has 0 unspecified atom stereocenters. The second-order valence-corrected chi connectivity index (χ2v) is 8.83. The van der Waals surface area contributed by atoms with E-state index in [0.717, 1.165) is 10.5 Å². The molecule has 0 aliphatic carbocycles. The van der Waals surface area contributed by atoms with Crippen molar-refractivity contribution in [2.75, 3.05) is 0 Å². The number of hydrogen-bond acceptors (Lipinski definition) is 6. The first-order valence-corrected chi connectivity index (χ1v) is 9.52. The highest BCUT2D eigenvalue weighted by molar-refractivity contribution is 5.90. The molecule has 1 saturated heterocycles. The number of esters is 2. The third kappa shape index (κ3) is 6.93. The van der Waals surface area contributed by atoms with Crippen LogP contribution in [0.1, 0.15) is 53.5 Å². The maximum Gasteiger partial charge on any atom is 0.415 e. The van der Waals surface area contributed by atoms with Crippen molar-refractivity contribution in [2.24, 2.45) is 0 Å². The molecule has 2 rings (SSSR count). The van der Waals surface area contributed by atoms with Gasteiger partial charge in [0, 0.05) is 18.2 Å². The molecule has 0 bridgehead atoms.